The summed E-state index contributed by atoms with van der Waals surface area (Å²) >= 11 is 0. The maximum atomic E-state index is 13.0. The summed E-state index contributed by atoms with van der Waals surface area (Å²) in [4.78, 5) is 0. The highest BCUT2D eigenvalue weighted by Crippen LogP contribution is 2.37. The number of alkyl halides is 3. The zero-order valence-electron chi connectivity index (χ0n) is 12.5. The second kappa shape index (κ2) is 6.61. The van der Waals surface area contributed by atoms with Crippen molar-refractivity contribution in [1.82, 2.24) is 0 Å². The first-order chi connectivity index (χ1) is 10.8. The van der Waals surface area contributed by atoms with Crippen molar-refractivity contribution in [3.8, 4) is 23.3 Å². The van der Waals surface area contributed by atoms with E-state index in [4.69, 9.17) is 14.7 Å². The molecular weight excluding hydrogens is 307 g/mol. The number of rotatable bonds is 4. The van der Waals surface area contributed by atoms with Gasteiger partial charge in [-0.3, -0.25) is 0 Å². The molecule has 0 saturated carbocycles. The van der Waals surface area contributed by atoms with Gasteiger partial charge in [-0.2, -0.15) is 18.4 Å². The SMILES string of the molecule is CC(C)Oc1ccccc1Oc1ccc(C#N)c(C(F)(F)F)c1. The number of benzene rings is 2. The van der Waals surface area contributed by atoms with Crippen LogP contribution in [0.1, 0.15) is 25.0 Å². The maximum Gasteiger partial charge on any atom is 0.417 e. The molecule has 0 saturated heterocycles. The quantitative estimate of drug-likeness (QED) is 0.781. The van der Waals surface area contributed by atoms with E-state index in [0.29, 0.717) is 11.5 Å². The molecule has 0 fully saturated rings. The van der Waals surface area contributed by atoms with Crippen LogP contribution in [0.2, 0.25) is 0 Å². The Morgan fingerprint density at radius 1 is 1.04 bits per heavy atom. The molecule has 0 N–H and O–H groups in total. The Hall–Kier alpha value is -2.68. The third kappa shape index (κ3) is 4.16. The molecule has 23 heavy (non-hydrogen) atoms. The van der Waals surface area contributed by atoms with Gasteiger partial charge in [-0.05, 0) is 44.2 Å². The van der Waals surface area contributed by atoms with Crippen LogP contribution >= 0.6 is 0 Å². The van der Waals surface area contributed by atoms with E-state index in [1.54, 1.807) is 24.3 Å². The Labute approximate surface area is 131 Å². The minimum atomic E-state index is -4.63. The second-order valence-electron chi connectivity index (χ2n) is 5.03. The van der Waals surface area contributed by atoms with Crippen molar-refractivity contribution in [2.45, 2.75) is 26.1 Å². The molecule has 120 valence electrons. The van der Waals surface area contributed by atoms with Crippen molar-refractivity contribution in [1.29, 1.82) is 5.26 Å². The molecule has 2 rings (SSSR count). The molecule has 0 atom stereocenters. The van der Waals surface area contributed by atoms with Crippen molar-refractivity contribution in [3.63, 3.8) is 0 Å². The van der Waals surface area contributed by atoms with Crippen LogP contribution < -0.4 is 9.47 Å². The fourth-order valence-corrected chi connectivity index (χ4v) is 1.93. The van der Waals surface area contributed by atoms with Gasteiger partial charge in [-0.25, -0.2) is 0 Å². The van der Waals surface area contributed by atoms with Gasteiger partial charge in [0.1, 0.15) is 5.75 Å². The van der Waals surface area contributed by atoms with Gasteiger partial charge >= 0.3 is 6.18 Å². The van der Waals surface area contributed by atoms with Gasteiger partial charge < -0.3 is 9.47 Å². The van der Waals surface area contributed by atoms with Crippen LogP contribution in [0.3, 0.4) is 0 Å². The van der Waals surface area contributed by atoms with Crippen molar-refractivity contribution < 1.29 is 22.6 Å². The van der Waals surface area contributed by atoms with Crippen molar-refractivity contribution in [2.24, 2.45) is 0 Å². The highest BCUT2D eigenvalue weighted by molar-refractivity contribution is 5.47. The standard InChI is InChI=1S/C17H14F3NO2/c1-11(2)22-15-5-3-4-6-16(15)23-13-8-7-12(10-21)14(9-13)17(18,19)20/h3-9,11H,1-2H3. The van der Waals surface area contributed by atoms with E-state index in [0.717, 1.165) is 12.1 Å². The molecule has 0 amide bonds. The first kappa shape index (κ1) is 16.7. The molecule has 0 spiro atoms. The molecule has 2 aromatic rings. The zero-order valence-corrected chi connectivity index (χ0v) is 12.5. The monoisotopic (exact) mass is 321 g/mol. The lowest BCUT2D eigenvalue weighted by Gasteiger charge is -2.15. The summed E-state index contributed by atoms with van der Waals surface area (Å²) in [6, 6.07) is 11.4. The van der Waals surface area contributed by atoms with Crippen LogP contribution in [0.25, 0.3) is 0 Å². The minimum absolute atomic E-state index is 0.0175. The largest absolute Gasteiger partial charge is 0.487 e. The van der Waals surface area contributed by atoms with Crippen LogP contribution in [0, 0.1) is 11.3 Å². The topological polar surface area (TPSA) is 42.2 Å². The van der Waals surface area contributed by atoms with E-state index in [1.807, 2.05) is 13.8 Å². The lowest BCUT2D eigenvalue weighted by molar-refractivity contribution is -0.137. The Bertz CT molecular complexity index is 733. The van der Waals surface area contributed by atoms with E-state index < -0.39 is 17.3 Å². The van der Waals surface area contributed by atoms with Crippen LogP contribution in [0.15, 0.2) is 42.5 Å². The first-order valence-electron chi connectivity index (χ1n) is 6.86. The van der Waals surface area contributed by atoms with Gasteiger partial charge in [0, 0.05) is 0 Å². The Morgan fingerprint density at radius 3 is 2.26 bits per heavy atom. The Kier molecular flexibility index (Phi) is 4.80. The molecule has 3 nitrogen and oxygen atoms in total. The number of hydrogen-bond acceptors (Lipinski definition) is 3. The second-order valence-corrected chi connectivity index (χ2v) is 5.03. The molecule has 2 aromatic carbocycles. The number of ether oxygens (including phenoxy) is 2. The highest BCUT2D eigenvalue weighted by atomic mass is 19.4. The molecular formula is C17H14F3NO2. The predicted molar refractivity (Wildman–Crippen MR) is 78.4 cm³/mol. The molecule has 0 aliphatic heterocycles. The molecule has 6 heteroatoms. The number of nitrogens with zero attached hydrogens (tertiary/aromatic N) is 1. The van der Waals surface area contributed by atoms with Gasteiger partial charge in [0.2, 0.25) is 0 Å². The Morgan fingerprint density at radius 2 is 1.70 bits per heavy atom. The van der Waals surface area contributed by atoms with E-state index in [1.165, 1.54) is 12.1 Å². The zero-order chi connectivity index (χ0) is 17.0. The first-order valence-corrected chi connectivity index (χ1v) is 6.86. The van der Waals surface area contributed by atoms with Crippen LogP contribution in [-0.2, 0) is 6.18 Å². The third-order valence-corrected chi connectivity index (χ3v) is 2.86. The number of nitriles is 1. The van der Waals surface area contributed by atoms with Crippen LogP contribution in [0.4, 0.5) is 13.2 Å². The molecule has 0 aliphatic carbocycles. The lowest BCUT2D eigenvalue weighted by atomic mass is 10.1. The van der Waals surface area contributed by atoms with Crippen LogP contribution in [-0.4, -0.2) is 6.10 Å². The Balaban J connectivity index is 2.37. The van der Waals surface area contributed by atoms with Crippen LogP contribution in [0.5, 0.6) is 17.2 Å². The smallest absolute Gasteiger partial charge is 0.417 e. The normalized spacial score (nSPS) is 11.2. The van der Waals surface area contributed by atoms with Gasteiger partial charge in [0.25, 0.3) is 0 Å². The minimum Gasteiger partial charge on any atom is -0.487 e. The fraction of sp³-hybridized carbons (Fsp3) is 0.235. The molecule has 0 heterocycles. The average Bonchev–Trinajstić information content (AvgIpc) is 2.48. The number of halogens is 3. The number of para-hydroxylation sites is 2. The summed E-state index contributed by atoms with van der Waals surface area (Å²) < 4.78 is 50.0. The van der Waals surface area contributed by atoms with E-state index in [9.17, 15) is 13.2 Å². The summed E-state index contributed by atoms with van der Waals surface area (Å²) in [5.41, 5.74) is -1.48. The van der Waals surface area contributed by atoms with Gasteiger partial charge in [0.15, 0.2) is 11.5 Å². The third-order valence-electron chi connectivity index (χ3n) is 2.86. The maximum absolute atomic E-state index is 13.0. The van der Waals surface area contributed by atoms with Gasteiger partial charge in [-0.1, -0.05) is 12.1 Å². The summed E-state index contributed by atoms with van der Waals surface area (Å²) in [5.74, 6) is 0.718. The van der Waals surface area contributed by atoms with Gasteiger partial charge in [-0.15, -0.1) is 0 Å². The van der Waals surface area contributed by atoms with Crippen molar-refractivity contribution in [3.05, 3.63) is 53.6 Å². The van der Waals surface area contributed by atoms with Crippen molar-refractivity contribution >= 4 is 0 Å². The summed E-state index contributed by atoms with van der Waals surface area (Å²) in [6.45, 7) is 3.67. The summed E-state index contributed by atoms with van der Waals surface area (Å²) in [7, 11) is 0. The molecule has 0 aliphatic rings. The average molecular weight is 321 g/mol. The van der Waals surface area contributed by atoms with E-state index in [-0.39, 0.29) is 11.9 Å². The lowest BCUT2D eigenvalue weighted by Crippen LogP contribution is -2.08. The molecule has 0 unspecified atom stereocenters. The van der Waals surface area contributed by atoms with E-state index >= 15 is 0 Å². The highest BCUT2D eigenvalue weighted by Gasteiger charge is 2.34. The molecule has 0 bridgehead atoms. The fourth-order valence-electron chi connectivity index (χ4n) is 1.93. The number of hydrogen-bond donors (Lipinski definition) is 0. The molecule has 0 aromatic heterocycles. The van der Waals surface area contributed by atoms with Gasteiger partial charge in [0.05, 0.1) is 23.3 Å². The predicted octanol–water partition coefficient (Wildman–Crippen LogP) is 5.16. The summed E-state index contributed by atoms with van der Waals surface area (Å²) in [5, 5.41) is 8.79. The van der Waals surface area contributed by atoms with Crippen molar-refractivity contribution in [2.75, 3.05) is 0 Å². The van der Waals surface area contributed by atoms with E-state index in [2.05, 4.69) is 0 Å². The summed E-state index contributed by atoms with van der Waals surface area (Å²) in [6.07, 6.45) is -4.73. The molecule has 0 radical (unpaired) electrons.